The van der Waals surface area contributed by atoms with Gasteiger partial charge in [-0.05, 0) is 76.9 Å². The number of carbonyl (C=O) groups is 3. The maximum Gasteiger partial charge on any atom is 0.243 e. The average Bonchev–Trinajstić information content (AvgIpc) is 3.07. The SMILES string of the molecule is N=C(N)NCCCC(NC(=O)[C@H](N)Cc1ccc(-c2ccc(Cl)cc2)cc1)C(=O)N[C@H](Cc1ccc(-c2ccc(Cl)cc2)cc1)C(N)=O. The molecule has 0 aliphatic carbocycles. The Kier molecular flexibility index (Phi) is 13.0. The minimum absolute atomic E-state index is 0.153. The van der Waals surface area contributed by atoms with Crippen LogP contribution >= 0.6 is 23.2 Å². The van der Waals surface area contributed by atoms with Crippen LogP contribution in [0.4, 0.5) is 0 Å². The van der Waals surface area contributed by atoms with E-state index in [1.54, 1.807) is 0 Å². The van der Waals surface area contributed by atoms with Crippen molar-refractivity contribution >= 4 is 46.9 Å². The number of nitrogens with one attached hydrogen (secondary N) is 4. The zero-order valence-corrected chi connectivity index (χ0v) is 27.7. The maximum absolute atomic E-state index is 13.5. The second-order valence-corrected chi connectivity index (χ2v) is 12.3. The standard InChI is InChI=1S/C36H39Cl2N7O3/c37-28-15-11-26(12-16-28)24-7-3-22(4-8-24)20-30(39)34(47)44-31(2-1-19-43-36(41)42)35(48)45-32(33(40)46)21-23-5-9-25(10-6-23)27-13-17-29(38)18-14-27/h3-18,30-32H,1-2,19-21,39H2,(H2,40,46)(H,44,47)(H,45,48)(H4,41,42,43)/t30-,31?,32-/m1/s1. The molecule has 4 aromatic rings. The van der Waals surface area contributed by atoms with E-state index in [0.29, 0.717) is 23.0 Å². The number of rotatable bonds is 15. The van der Waals surface area contributed by atoms with Crippen LogP contribution in [-0.2, 0) is 27.2 Å². The smallest absolute Gasteiger partial charge is 0.243 e. The highest BCUT2D eigenvalue weighted by molar-refractivity contribution is 6.30. The molecule has 1 unspecified atom stereocenters. The molecule has 0 saturated heterocycles. The highest BCUT2D eigenvalue weighted by Crippen LogP contribution is 2.23. The molecule has 0 fully saturated rings. The molecule has 4 rings (SSSR count). The van der Waals surface area contributed by atoms with Crippen molar-refractivity contribution in [1.29, 1.82) is 5.41 Å². The number of halogens is 2. The summed E-state index contributed by atoms with van der Waals surface area (Å²) in [4.78, 5) is 39.1. The molecule has 3 atom stereocenters. The van der Waals surface area contributed by atoms with E-state index in [1.807, 2.05) is 97.1 Å². The minimum atomic E-state index is -1.03. The van der Waals surface area contributed by atoms with Crippen LogP contribution in [0.1, 0.15) is 24.0 Å². The second kappa shape index (κ2) is 17.3. The predicted octanol–water partition coefficient (Wildman–Crippen LogP) is 4.16. The fourth-order valence-electron chi connectivity index (χ4n) is 5.11. The van der Waals surface area contributed by atoms with E-state index in [0.717, 1.165) is 33.4 Å². The Bertz CT molecular complexity index is 1700. The van der Waals surface area contributed by atoms with Gasteiger partial charge in [-0.1, -0.05) is 96.0 Å². The van der Waals surface area contributed by atoms with Crippen LogP contribution in [0.25, 0.3) is 22.3 Å². The van der Waals surface area contributed by atoms with Gasteiger partial charge in [0.2, 0.25) is 17.7 Å². The summed E-state index contributed by atoms with van der Waals surface area (Å²) in [5.74, 6) is -2.02. The van der Waals surface area contributed by atoms with E-state index < -0.39 is 35.8 Å². The van der Waals surface area contributed by atoms with E-state index in [9.17, 15) is 14.4 Å². The monoisotopic (exact) mass is 687 g/mol. The third-order valence-corrected chi connectivity index (χ3v) is 8.28. The van der Waals surface area contributed by atoms with Crippen LogP contribution in [0.15, 0.2) is 97.1 Å². The molecule has 0 aliphatic heterocycles. The van der Waals surface area contributed by atoms with Gasteiger partial charge >= 0.3 is 0 Å². The first-order chi connectivity index (χ1) is 23.0. The van der Waals surface area contributed by atoms with Gasteiger partial charge in [0, 0.05) is 23.0 Å². The van der Waals surface area contributed by atoms with Gasteiger partial charge in [0.05, 0.1) is 6.04 Å². The largest absolute Gasteiger partial charge is 0.370 e. The molecular weight excluding hydrogens is 649 g/mol. The van der Waals surface area contributed by atoms with Gasteiger partial charge in [0.25, 0.3) is 0 Å². The molecule has 0 radical (unpaired) electrons. The molecule has 48 heavy (non-hydrogen) atoms. The molecule has 0 aromatic heterocycles. The number of carbonyl (C=O) groups excluding carboxylic acids is 3. The molecule has 12 heteroatoms. The lowest BCUT2D eigenvalue weighted by Crippen LogP contribution is -2.56. The Morgan fingerprint density at radius 3 is 1.48 bits per heavy atom. The van der Waals surface area contributed by atoms with Crippen LogP contribution in [0, 0.1) is 5.41 Å². The van der Waals surface area contributed by atoms with Gasteiger partial charge < -0.3 is 33.2 Å². The van der Waals surface area contributed by atoms with Crippen LogP contribution < -0.4 is 33.2 Å². The second-order valence-electron chi connectivity index (χ2n) is 11.4. The van der Waals surface area contributed by atoms with Crippen molar-refractivity contribution in [1.82, 2.24) is 16.0 Å². The summed E-state index contributed by atoms with van der Waals surface area (Å²) in [6.45, 7) is 0.306. The van der Waals surface area contributed by atoms with Crippen molar-refractivity contribution in [3.8, 4) is 22.3 Å². The van der Waals surface area contributed by atoms with Gasteiger partial charge in [0.15, 0.2) is 5.96 Å². The molecule has 10 nitrogen and oxygen atoms in total. The molecule has 0 saturated carbocycles. The lowest BCUT2D eigenvalue weighted by atomic mass is 9.99. The van der Waals surface area contributed by atoms with Crippen molar-refractivity contribution in [2.24, 2.45) is 17.2 Å². The first-order valence-electron chi connectivity index (χ1n) is 15.4. The summed E-state index contributed by atoms with van der Waals surface area (Å²) in [6, 6.07) is 27.2. The van der Waals surface area contributed by atoms with Crippen molar-refractivity contribution in [3.05, 3.63) is 118 Å². The average molecular weight is 689 g/mol. The minimum Gasteiger partial charge on any atom is -0.370 e. The maximum atomic E-state index is 13.5. The molecule has 10 N–H and O–H groups in total. The number of nitrogens with two attached hydrogens (primary N) is 3. The lowest BCUT2D eigenvalue weighted by molar-refractivity contribution is -0.131. The van der Waals surface area contributed by atoms with Crippen LogP contribution in [0.5, 0.6) is 0 Å². The molecule has 4 aromatic carbocycles. The normalized spacial score (nSPS) is 12.7. The Morgan fingerprint density at radius 2 is 1.04 bits per heavy atom. The fourth-order valence-corrected chi connectivity index (χ4v) is 5.36. The predicted molar refractivity (Wildman–Crippen MR) is 191 cm³/mol. The Hall–Kier alpha value is -4.90. The summed E-state index contributed by atoms with van der Waals surface area (Å²) in [5, 5.41) is 16.8. The van der Waals surface area contributed by atoms with Crippen molar-refractivity contribution in [3.63, 3.8) is 0 Å². The molecule has 0 heterocycles. The summed E-state index contributed by atoms with van der Waals surface area (Å²) in [6.07, 6.45) is 0.983. The number of guanidine groups is 1. The molecular formula is C36H39Cl2N7O3. The van der Waals surface area contributed by atoms with E-state index >= 15 is 0 Å². The number of hydrogen-bond donors (Lipinski definition) is 7. The number of amides is 3. The molecule has 0 bridgehead atoms. The molecule has 250 valence electrons. The zero-order valence-electron chi connectivity index (χ0n) is 26.2. The summed E-state index contributed by atoms with van der Waals surface area (Å²) in [5.41, 5.74) is 22.9. The van der Waals surface area contributed by atoms with Crippen LogP contribution in [-0.4, -0.2) is 48.4 Å². The number of primary amides is 1. The third kappa shape index (κ3) is 10.8. The van der Waals surface area contributed by atoms with Gasteiger partial charge in [-0.15, -0.1) is 0 Å². The summed E-state index contributed by atoms with van der Waals surface area (Å²) >= 11 is 12.0. The van der Waals surface area contributed by atoms with Crippen molar-refractivity contribution < 1.29 is 14.4 Å². The zero-order chi connectivity index (χ0) is 34.6. The highest BCUT2D eigenvalue weighted by atomic mass is 35.5. The Balaban J connectivity index is 1.39. The van der Waals surface area contributed by atoms with Crippen LogP contribution in [0.2, 0.25) is 10.0 Å². The summed E-state index contributed by atoms with van der Waals surface area (Å²) < 4.78 is 0. The van der Waals surface area contributed by atoms with Crippen LogP contribution in [0.3, 0.4) is 0 Å². The topological polar surface area (TPSA) is 189 Å². The third-order valence-electron chi connectivity index (χ3n) is 7.77. The highest BCUT2D eigenvalue weighted by Gasteiger charge is 2.27. The number of hydrogen-bond acceptors (Lipinski definition) is 5. The Morgan fingerprint density at radius 1 is 0.625 bits per heavy atom. The van der Waals surface area contributed by atoms with E-state index in [2.05, 4.69) is 16.0 Å². The van der Waals surface area contributed by atoms with Crippen molar-refractivity contribution in [2.75, 3.05) is 6.54 Å². The van der Waals surface area contributed by atoms with E-state index in [4.69, 9.17) is 45.8 Å². The van der Waals surface area contributed by atoms with Gasteiger partial charge in [-0.25, -0.2) is 0 Å². The first-order valence-corrected chi connectivity index (χ1v) is 16.2. The molecule has 0 aliphatic rings. The quantitative estimate of drug-likeness (QED) is 0.0558. The van der Waals surface area contributed by atoms with E-state index in [-0.39, 0.29) is 25.2 Å². The van der Waals surface area contributed by atoms with Gasteiger partial charge in [-0.2, -0.15) is 0 Å². The Labute approximate surface area is 289 Å². The molecule has 0 spiro atoms. The first kappa shape index (κ1) is 35.9. The van der Waals surface area contributed by atoms with Crippen molar-refractivity contribution in [2.45, 2.75) is 43.8 Å². The van der Waals surface area contributed by atoms with Gasteiger partial charge in [0.1, 0.15) is 12.1 Å². The fraction of sp³-hybridized carbons (Fsp3) is 0.222. The van der Waals surface area contributed by atoms with E-state index in [1.165, 1.54) is 0 Å². The molecule has 3 amide bonds. The number of benzene rings is 4. The summed E-state index contributed by atoms with van der Waals surface area (Å²) in [7, 11) is 0. The lowest BCUT2D eigenvalue weighted by Gasteiger charge is -2.23. The van der Waals surface area contributed by atoms with Gasteiger partial charge in [-0.3, -0.25) is 19.8 Å².